The van der Waals surface area contributed by atoms with Crippen molar-refractivity contribution in [1.29, 1.82) is 0 Å². The van der Waals surface area contributed by atoms with E-state index in [2.05, 4.69) is 5.32 Å². The average Bonchev–Trinajstić information content (AvgIpc) is 2.04. The van der Waals surface area contributed by atoms with Gasteiger partial charge in [-0.05, 0) is 13.3 Å². The molecule has 1 aliphatic heterocycles. The highest BCUT2D eigenvalue weighted by atomic mass is 16.6. The molecule has 0 radical (unpaired) electrons. The van der Waals surface area contributed by atoms with E-state index in [1.807, 2.05) is 13.8 Å². The second kappa shape index (κ2) is 3.36. The van der Waals surface area contributed by atoms with Crippen LogP contribution in [0.2, 0.25) is 0 Å². The lowest BCUT2D eigenvalue weighted by Gasteiger charge is -2.44. The zero-order valence-electron chi connectivity index (χ0n) is 8.22. The number of ether oxygens (including phenoxy) is 1. The van der Waals surface area contributed by atoms with E-state index in [4.69, 9.17) is 4.74 Å². The maximum Gasteiger partial charge on any atom is 0.304 e. The molecule has 2 atom stereocenters. The number of carbonyl (C=O) groups is 2. The maximum absolute atomic E-state index is 11.2. The van der Waals surface area contributed by atoms with Crippen molar-refractivity contribution >= 4 is 11.9 Å². The average molecular weight is 185 g/mol. The van der Waals surface area contributed by atoms with Crippen molar-refractivity contribution in [3.8, 4) is 0 Å². The zero-order valence-corrected chi connectivity index (χ0v) is 8.22. The van der Waals surface area contributed by atoms with E-state index in [1.54, 1.807) is 0 Å². The number of hydrogen-bond acceptors (Lipinski definition) is 3. The van der Waals surface area contributed by atoms with E-state index in [9.17, 15) is 9.59 Å². The summed E-state index contributed by atoms with van der Waals surface area (Å²) < 4.78 is 4.95. The summed E-state index contributed by atoms with van der Waals surface area (Å²) in [5, 5.41) is 2.57. The standard InChI is InChI=1S/C9H15NO3/c1-4-5-9(3)7(12)10-8(9)13-6(2)11/h8H,4-5H2,1-3H3,(H,10,12)/t8?,9-/m0/s1. The number of esters is 1. The number of nitrogens with one attached hydrogen (secondary N) is 1. The van der Waals surface area contributed by atoms with Crippen molar-refractivity contribution in [2.24, 2.45) is 5.41 Å². The molecule has 1 fully saturated rings. The van der Waals surface area contributed by atoms with Crippen LogP contribution in [0, 0.1) is 5.41 Å². The van der Waals surface area contributed by atoms with Crippen molar-refractivity contribution in [3.05, 3.63) is 0 Å². The molecule has 1 rings (SSSR count). The highest BCUT2D eigenvalue weighted by Crippen LogP contribution is 2.35. The second-order valence-electron chi connectivity index (χ2n) is 3.63. The number of rotatable bonds is 3. The topological polar surface area (TPSA) is 55.4 Å². The Kier molecular flexibility index (Phi) is 2.59. The van der Waals surface area contributed by atoms with E-state index in [1.165, 1.54) is 6.92 Å². The fraction of sp³-hybridized carbons (Fsp3) is 0.778. The molecule has 1 unspecified atom stereocenters. The van der Waals surface area contributed by atoms with Gasteiger partial charge in [-0.1, -0.05) is 13.3 Å². The molecular formula is C9H15NO3. The van der Waals surface area contributed by atoms with Gasteiger partial charge in [0.15, 0.2) is 6.23 Å². The van der Waals surface area contributed by atoms with Crippen LogP contribution >= 0.6 is 0 Å². The zero-order chi connectivity index (χ0) is 10.1. The first-order chi connectivity index (χ1) is 6.00. The van der Waals surface area contributed by atoms with Crippen LogP contribution in [0.5, 0.6) is 0 Å². The third-order valence-corrected chi connectivity index (χ3v) is 2.41. The molecule has 1 N–H and O–H groups in total. The predicted octanol–water partition coefficient (Wildman–Crippen LogP) is 0.812. The lowest BCUT2D eigenvalue weighted by molar-refractivity contribution is -0.181. The lowest BCUT2D eigenvalue weighted by Crippen LogP contribution is -2.67. The Morgan fingerprint density at radius 3 is 2.69 bits per heavy atom. The summed E-state index contributed by atoms with van der Waals surface area (Å²) >= 11 is 0. The summed E-state index contributed by atoms with van der Waals surface area (Å²) in [7, 11) is 0. The summed E-state index contributed by atoms with van der Waals surface area (Å²) in [6.45, 7) is 5.17. The molecule has 0 aromatic rings. The molecular weight excluding hydrogens is 170 g/mol. The quantitative estimate of drug-likeness (QED) is 0.523. The smallest absolute Gasteiger partial charge is 0.304 e. The summed E-state index contributed by atoms with van der Waals surface area (Å²) in [5.74, 6) is -0.382. The van der Waals surface area contributed by atoms with Gasteiger partial charge in [-0.2, -0.15) is 0 Å². The highest BCUT2D eigenvalue weighted by Gasteiger charge is 2.52. The molecule has 74 valence electrons. The monoisotopic (exact) mass is 185 g/mol. The fourth-order valence-corrected chi connectivity index (χ4v) is 1.57. The Hall–Kier alpha value is -1.06. The Bertz CT molecular complexity index is 239. The van der Waals surface area contributed by atoms with E-state index in [0.717, 1.165) is 12.8 Å². The molecule has 0 saturated carbocycles. The molecule has 4 nitrogen and oxygen atoms in total. The van der Waals surface area contributed by atoms with Crippen LogP contribution in [-0.2, 0) is 14.3 Å². The molecule has 0 aromatic carbocycles. The van der Waals surface area contributed by atoms with Gasteiger partial charge in [-0.25, -0.2) is 0 Å². The maximum atomic E-state index is 11.2. The van der Waals surface area contributed by atoms with Gasteiger partial charge in [0, 0.05) is 6.92 Å². The van der Waals surface area contributed by atoms with Crippen LogP contribution in [0.15, 0.2) is 0 Å². The minimum Gasteiger partial charge on any atom is -0.441 e. The van der Waals surface area contributed by atoms with Crippen LogP contribution in [0.4, 0.5) is 0 Å². The molecule has 0 aromatic heterocycles. The van der Waals surface area contributed by atoms with Gasteiger partial charge in [-0.3, -0.25) is 9.59 Å². The first kappa shape index (κ1) is 10.0. The minimum atomic E-state index is -0.513. The van der Waals surface area contributed by atoms with Crippen LogP contribution in [0.1, 0.15) is 33.6 Å². The lowest BCUT2D eigenvalue weighted by atomic mass is 9.76. The Labute approximate surface area is 77.6 Å². The van der Waals surface area contributed by atoms with E-state index >= 15 is 0 Å². The third kappa shape index (κ3) is 1.66. The Balaban J connectivity index is 2.59. The van der Waals surface area contributed by atoms with Crippen molar-refractivity contribution in [3.63, 3.8) is 0 Å². The second-order valence-corrected chi connectivity index (χ2v) is 3.63. The third-order valence-electron chi connectivity index (χ3n) is 2.41. The highest BCUT2D eigenvalue weighted by molar-refractivity contribution is 5.89. The van der Waals surface area contributed by atoms with Gasteiger partial charge in [0.05, 0.1) is 0 Å². The molecule has 13 heavy (non-hydrogen) atoms. The normalized spacial score (nSPS) is 31.9. The Morgan fingerprint density at radius 2 is 2.31 bits per heavy atom. The van der Waals surface area contributed by atoms with Gasteiger partial charge in [0.2, 0.25) is 5.91 Å². The fourth-order valence-electron chi connectivity index (χ4n) is 1.57. The van der Waals surface area contributed by atoms with E-state index < -0.39 is 11.6 Å². The summed E-state index contributed by atoms with van der Waals surface area (Å²) in [6, 6.07) is 0. The predicted molar refractivity (Wildman–Crippen MR) is 46.7 cm³/mol. The summed E-state index contributed by atoms with van der Waals surface area (Å²) in [4.78, 5) is 21.9. The largest absolute Gasteiger partial charge is 0.441 e. The number of β-lactam (4-membered cyclic amide) rings is 1. The van der Waals surface area contributed by atoms with Crippen molar-refractivity contribution in [2.45, 2.75) is 39.8 Å². The molecule has 1 saturated heterocycles. The summed E-state index contributed by atoms with van der Waals surface area (Å²) in [6.07, 6.45) is 1.22. The number of hydrogen-bond donors (Lipinski definition) is 1. The molecule has 1 heterocycles. The van der Waals surface area contributed by atoms with Gasteiger partial charge >= 0.3 is 5.97 Å². The summed E-state index contributed by atoms with van der Waals surface area (Å²) in [5.41, 5.74) is -0.513. The van der Waals surface area contributed by atoms with Gasteiger partial charge in [0.1, 0.15) is 5.41 Å². The minimum absolute atomic E-state index is 0.0272. The molecule has 1 amide bonds. The van der Waals surface area contributed by atoms with Crippen LogP contribution in [-0.4, -0.2) is 18.1 Å². The van der Waals surface area contributed by atoms with E-state index in [0.29, 0.717) is 0 Å². The first-order valence-corrected chi connectivity index (χ1v) is 4.49. The van der Waals surface area contributed by atoms with E-state index in [-0.39, 0.29) is 11.9 Å². The van der Waals surface area contributed by atoms with Crippen LogP contribution < -0.4 is 5.32 Å². The van der Waals surface area contributed by atoms with Gasteiger partial charge in [-0.15, -0.1) is 0 Å². The number of carbonyl (C=O) groups excluding carboxylic acids is 2. The first-order valence-electron chi connectivity index (χ1n) is 4.49. The molecule has 0 aliphatic carbocycles. The van der Waals surface area contributed by atoms with Crippen molar-refractivity contribution < 1.29 is 14.3 Å². The van der Waals surface area contributed by atoms with Gasteiger partial charge in [0.25, 0.3) is 0 Å². The molecule has 0 spiro atoms. The van der Waals surface area contributed by atoms with Gasteiger partial charge < -0.3 is 10.1 Å². The molecule has 4 heteroatoms. The van der Waals surface area contributed by atoms with Crippen molar-refractivity contribution in [2.75, 3.05) is 0 Å². The Morgan fingerprint density at radius 1 is 1.69 bits per heavy atom. The van der Waals surface area contributed by atoms with Crippen molar-refractivity contribution in [1.82, 2.24) is 5.32 Å². The molecule has 1 aliphatic rings. The number of amides is 1. The van der Waals surface area contributed by atoms with Crippen LogP contribution in [0.25, 0.3) is 0 Å². The SMILES string of the molecule is CCC[C@@]1(C)C(=O)NC1OC(C)=O. The van der Waals surface area contributed by atoms with Crippen LogP contribution in [0.3, 0.4) is 0 Å². The molecule has 0 bridgehead atoms.